The minimum atomic E-state index is -4.22. The molecule has 0 aliphatic carbocycles. The van der Waals surface area contributed by atoms with Crippen molar-refractivity contribution in [2.24, 2.45) is 0 Å². The van der Waals surface area contributed by atoms with Crippen LogP contribution in [-0.2, 0) is 10.1 Å². The molecule has 0 amide bonds. The molecule has 0 saturated carbocycles. The van der Waals surface area contributed by atoms with Gasteiger partial charge in [-0.2, -0.15) is 8.42 Å². The van der Waals surface area contributed by atoms with Crippen LogP contribution < -0.4 is 29.6 Å². The average molecular weight is 340 g/mol. The van der Waals surface area contributed by atoms with Crippen LogP contribution in [0.2, 0.25) is 0 Å². The molecule has 1 aromatic rings. The van der Waals surface area contributed by atoms with E-state index in [1.165, 1.54) is 51.0 Å². The van der Waals surface area contributed by atoms with E-state index in [1.807, 2.05) is 6.92 Å². The SMILES string of the molecule is CCCCCCCCCCC(C)c1ccc(S(=O)(=O)O)o1.[H-].[Na+]. The summed E-state index contributed by atoms with van der Waals surface area (Å²) in [5, 5.41) is -0.361. The van der Waals surface area contributed by atoms with Crippen LogP contribution in [0.4, 0.5) is 0 Å². The van der Waals surface area contributed by atoms with Crippen molar-refractivity contribution in [3.8, 4) is 0 Å². The van der Waals surface area contributed by atoms with Crippen molar-refractivity contribution >= 4 is 10.1 Å². The van der Waals surface area contributed by atoms with Gasteiger partial charge in [-0.15, -0.1) is 0 Å². The second-order valence-corrected chi connectivity index (χ2v) is 7.15. The standard InChI is InChI=1S/C16H28O4S.Na.H/c1-3-4-5-6-7-8-9-10-11-14(2)15-12-13-16(20-15)21(17,18)19;;/h12-14H,3-11H2,1-2H3,(H,17,18,19);;/q;+1;-1. The zero-order chi connectivity index (χ0) is 15.7. The van der Waals surface area contributed by atoms with E-state index in [1.54, 1.807) is 6.07 Å². The molecule has 1 heterocycles. The van der Waals surface area contributed by atoms with Gasteiger partial charge in [0, 0.05) is 5.92 Å². The first kappa shape index (κ1) is 22.2. The van der Waals surface area contributed by atoms with Crippen LogP contribution in [0.3, 0.4) is 0 Å². The van der Waals surface area contributed by atoms with Crippen LogP contribution in [0.15, 0.2) is 21.6 Å². The van der Waals surface area contributed by atoms with Gasteiger partial charge in [0.1, 0.15) is 5.76 Å². The van der Waals surface area contributed by atoms with Gasteiger partial charge in [-0.05, 0) is 18.6 Å². The second-order valence-electron chi connectivity index (χ2n) is 5.80. The normalized spacial score (nSPS) is 12.9. The molecule has 0 aliphatic heterocycles. The minimum Gasteiger partial charge on any atom is -1.00 e. The largest absolute Gasteiger partial charge is 1.00 e. The Labute approximate surface area is 158 Å². The summed E-state index contributed by atoms with van der Waals surface area (Å²) in [6.07, 6.45) is 11.2. The Kier molecular flexibility index (Phi) is 11.8. The fourth-order valence-electron chi connectivity index (χ4n) is 2.46. The van der Waals surface area contributed by atoms with Crippen LogP contribution in [0.5, 0.6) is 0 Å². The molecular weight excluding hydrogens is 311 g/mol. The Bertz CT molecular complexity index is 502. The summed E-state index contributed by atoms with van der Waals surface area (Å²) >= 11 is 0. The quantitative estimate of drug-likeness (QED) is 0.381. The maximum absolute atomic E-state index is 10.9. The van der Waals surface area contributed by atoms with Crippen molar-refractivity contribution in [3.63, 3.8) is 0 Å². The van der Waals surface area contributed by atoms with Crippen LogP contribution in [-0.4, -0.2) is 13.0 Å². The zero-order valence-electron chi connectivity index (χ0n) is 15.2. The minimum absolute atomic E-state index is 0. The molecule has 1 N–H and O–H groups in total. The van der Waals surface area contributed by atoms with Gasteiger partial charge < -0.3 is 5.84 Å². The summed E-state index contributed by atoms with van der Waals surface area (Å²) in [6.45, 7) is 4.25. The first-order valence-corrected chi connectivity index (χ1v) is 9.46. The van der Waals surface area contributed by atoms with Gasteiger partial charge in [-0.25, -0.2) is 0 Å². The third-order valence-electron chi connectivity index (χ3n) is 3.83. The van der Waals surface area contributed by atoms with Crippen LogP contribution in [0.1, 0.15) is 84.7 Å². The van der Waals surface area contributed by atoms with Gasteiger partial charge in [-0.1, -0.05) is 65.2 Å². The summed E-state index contributed by atoms with van der Waals surface area (Å²) in [5.41, 5.74) is 0. The van der Waals surface area contributed by atoms with E-state index in [0.29, 0.717) is 5.76 Å². The van der Waals surface area contributed by atoms with E-state index < -0.39 is 10.1 Å². The number of rotatable bonds is 11. The smallest absolute Gasteiger partial charge is 1.00 e. The molecule has 1 unspecified atom stereocenters. The summed E-state index contributed by atoms with van der Waals surface area (Å²) in [7, 11) is -4.22. The van der Waals surface area contributed by atoms with Crippen molar-refractivity contribution in [3.05, 3.63) is 17.9 Å². The fraction of sp³-hybridized carbons (Fsp3) is 0.750. The average Bonchev–Trinajstić information content (AvgIpc) is 2.91. The Morgan fingerprint density at radius 3 is 2.14 bits per heavy atom. The van der Waals surface area contributed by atoms with Crippen molar-refractivity contribution in [2.45, 2.75) is 82.6 Å². The van der Waals surface area contributed by atoms with Crippen molar-refractivity contribution < 1.29 is 48.4 Å². The maximum atomic E-state index is 10.9. The fourth-order valence-corrected chi connectivity index (χ4v) is 2.91. The molecule has 4 nitrogen and oxygen atoms in total. The molecular formula is C16H29NaO4S. The van der Waals surface area contributed by atoms with Crippen LogP contribution >= 0.6 is 0 Å². The van der Waals surface area contributed by atoms with Crippen molar-refractivity contribution in [1.82, 2.24) is 0 Å². The van der Waals surface area contributed by atoms with Gasteiger partial charge in [-0.3, -0.25) is 4.55 Å². The maximum Gasteiger partial charge on any atom is 1.00 e. The molecule has 124 valence electrons. The predicted octanol–water partition coefficient (Wildman–Crippen LogP) is 2.28. The molecule has 1 atom stereocenters. The molecule has 6 heteroatoms. The van der Waals surface area contributed by atoms with E-state index in [4.69, 9.17) is 8.97 Å². The number of hydrogen-bond acceptors (Lipinski definition) is 3. The van der Waals surface area contributed by atoms with Gasteiger partial charge in [0.05, 0.1) is 0 Å². The molecule has 0 radical (unpaired) electrons. The molecule has 1 rings (SSSR count). The summed E-state index contributed by atoms with van der Waals surface area (Å²) in [5.74, 6) is 0.811. The summed E-state index contributed by atoms with van der Waals surface area (Å²) < 4.78 is 36.0. The molecule has 0 bridgehead atoms. The third-order valence-corrected chi connectivity index (χ3v) is 4.56. The topological polar surface area (TPSA) is 67.5 Å². The van der Waals surface area contributed by atoms with Crippen LogP contribution in [0, 0.1) is 0 Å². The molecule has 22 heavy (non-hydrogen) atoms. The van der Waals surface area contributed by atoms with Gasteiger partial charge in [0.15, 0.2) is 0 Å². The first-order valence-electron chi connectivity index (χ1n) is 8.02. The van der Waals surface area contributed by atoms with Crippen molar-refractivity contribution in [1.29, 1.82) is 0 Å². The molecule has 0 saturated heterocycles. The molecule has 0 aliphatic rings. The Morgan fingerprint density at radius 2 is 1.64 bits per heavy atom. The Morgan fingerprint density at radius 1 is 1.09 bits per heavy atom. The van der Waals surface area contributed by atoms with Gasteiger partial charge in [0.25, 0.3) is 0 Å². The third kappa shape index (κ3) is 8.73. The van der Waals surface area contributed by atoms with Crippen molar-refractivity contribution in [2.75, 3.05) is 0 Å². The first-order chi connectivity index (χ1) is 9.95. The molecule has 0 fully saturated rings. The van der Waals surface area contributed by atoms with Gasteiger partial charge >= 0.3 is 39.7 Å². The summed E-state index contributed by atoms with van der Waals surface area (Å²) in [6, 6.07) is 2.95. The zero-order valence-corrected chi connectivity index (χ0v) is 17.0. The monoisotopic (exact) mass is 340 g/mol. The number of furan rings is 1. The van der Waals surface area contributed by atoms with Gasteiger partial charge in [0.2, 0.25) is 5.09 Å². The predicted molar refractivity (Wildman–Crippen MR) is 85.3 cm³/mol. The Balaban J connectivity index is 0. The van der Waals surface area contributed by atoms with E-state index in [9.17, 15) is 8.42 Å². The van der Waals surface area contributed by atoms with E-state index in [0.717, 1.165) is 12.8 Å². The molecule has 0 aromatic carbocycles. The molecule has 1 aromatic heterocycles. The van der Waals surface area contributed by atoms with E-state index >= 15 is 0 Å². The second kappa shape index (κ2) is 11.7. The van der Waals surface area contributed by atoms with E-state index in [-0.39, 0.29) is 42.0 Å². The number of hydrogen-bond donors (Lipinski definition) is 1. The molecule has 0 spiro atoms. The number of unbranched alkanes of at least 4 members (excludes halogenated alkanes) is 7. The van der Waals surface area contributed by atoms with Crippen LogP contribution in [0.25, 0.3) is 0 Å². The Hall–Kier alpha value is 0.190. The summed E-state index contributed by atoms with van der Waals surface area (Å²) in [4.78, 5) is 0. The van der Waals surface area contributed by atoms with E-state index in [2.05, 4.69) is 6.92 Å².